The van der Waals surface area contributed by atoms with Crippen molar-refractivity contribution < 1.29 is 28.7 Å². The standard InChI is InChI=1S/C25H25ClN4O4/c1-16-21(29-9-3-2-4-19(29)27-16)23(31)20-22(17-5-7-18(26)8-6-17)30(25(33)24(20)32)11-10-28-12-14-34-15-13-28/h2-9,22H,10-15H2,1H3,(H,31,32)/p+2. The summed E-state index contributed by atoms with van der Waals surface area (Å²) in [7, 11) is 0. The molecule has 2 aliphatic rings. The molecule has 1 unspecified atom stereocenters. The highest BCUT2D eigenvalue weighted by molar-refractivity contribution is 6.46. The number of nitrogens with one attached hydrogen (secondary N) is 2. The molecule has 2 aliphatic heterocycles. The van der Waals surface area contributed by atoms with Gasteiger partial charge in [-0.05, 0) is 23.8 Å². The molecule has 3 aromatic rings. The van der Waals surface area contributed by atoms with Crippen LogP contribution in [-0.4, -0.2) is 66.1 Å². The first-order valence-electron chi connectivity index (χ1n) is 11.4. The van der Waals surface area contributed by atoms with Crippen molar-refractivity contribution in [2.45, 2.75) is 13.0 Å². The minimum Gasteiger partial charge on any atom is -0.503 e. The second kappa shape index (κ2) is 9.21. The fourth-order valence-electron chi connectivity index (χ4n) is 4.88. The smallest absolute Gasteiger partial charge is 0.295 e. The Morgan fingerprint density at radius 1 is 1.21 bits per heavy atom. The summed E-state index contributed by atoms with van der Waals surface area (Å²) in [5.74, 6) is -1.48. The summed E-state index contributed by atoms with van der Waals surface area (Å²) in [6.07, 6.45) is 1.81. The Morgan fingerprint density at radius 2 is 1.94 bits per heavy atom. The van der Waals surface area contributed by atoms with Gasteiger partial charge in [-0.15, -0.1) is 0 Å². The van der Waals surface area contributed by atoms with E-state index in [4.69, 9.17) is 16.3 Å². The van der Waals surface area contributed by atoms with Gasteiger partial charge in [-0.3, -0.25) is 9.59 Å². The molecule has 0 bridgehead atoms. The van der Waals surface area contributed by atoms with E-state index in [1.165, 1.54) is 4.90 Å². The number of fused-ring (bicyclic) bond motifs is 1. The highest BCUT2D eigenvalue weighted by Gasteiger charge is 2.47. The summed E-state index contributed by atoms with van der Waals surface area (Å²) in [5, 5.41) is 12.0. The van der Waals surface area contributed by atoms with Crippen molar-refractivity contribution in [1.82, 2.24) is 9.88 Å². The van der Waals surface area contributed by atoms with Crippen molar-refractivity contribution in [2.24, 2.45) is 0 Å². The van der Waals surface area contributed by atoms with Crippen molar-refractivity contribution in [3.8, 4) is 0 Å². The number of amides is 1. The fourth-order valence-corrected chi connectivity index (χ4v) is 5.01. The Morgan fingerprint density at radius 3 is 2.68 bits per heavy atom. The van der Waals surface area contributed by atoms with Crippen LogP contribution in [0, 0.1) is 6.92 Å². The van der Waals surface area contributed by atoms with Gasteiger partial charge in [0, 0.05) is 18.0 Å². The molecule has 0 saturated carbocycles. The van der Waals surface area contributed by atoms with Gasteiger partial charge >= 0.3 is 0 Å². The molecule has 2 saturated heterocycles. The molecule has 1 amide bonds. The van der Waals surface area contributed by atoms with Crippen molar-refractivity contribution >= 4 is 34.7 Å². The Hall–Kier alpha value is -3.20. The third kappa shape index (κ3) is 3.98. The maximum absolute atomic E-state index is 13.3. The number of hydrogen-bond acceptors (Lipinski definition) is 4. The molecular weight excluding hydrogens is 456 g/mol. The monoisotopic (exact) mass is 482 g/mol. The number of carbonyl (C=O) groups is 2. The summed E-state index contributed by atoms with van der Waals surface area (Å²) in [4.78, 5) is 32.7. The number of ketones is 1. The predicted molar refractivity (Wildman–Crippen MR) is 126 cm³/mol. The SMILES string of the molecule is Cc1[nH]c2cccc[n+]2c1C(O)=C1C(=O)C(=O)N(CC[NH+]2CCOCC2)C1c1ccc(Cl)cc1. The van der Waals surface area contributed by atoms with E-state index in [1.807, 2.05) is 31.3 Å². The lowest BCUT2D eigenvalue weighted by Gasteiger charge is -2.29. The topological polar surface area (TPSA) is 91.2 Å². The number of halogens is 1. The largest absolute Gasteiger partial charge is 0.503 e. The molecule has 176 valence electrons. The third-order valence-corrected chi connectivity index (χ3v) is 6.88. The molecule has 8 nitrogen and oxygen atoms in total. The highest BCUT2D eigenvalue weighted by atomic mass is 35.5. The van der Waals surface area contributed by atoms with Crippen molar-refractivity contribution in [3.05, 3.63) is 76.2 Å². The van der Waals surface area contributed by atoms with Gasteiger partial charge in [0.15, 0.2) is 5.76 Å². The van der Waals surface area contributed by atoms with Crippen LogP contribution in [0.3, 0.4) is 0 Å². The number of aromatic nitrogens is 2. The Labute approximate surface area is 202 Å². The first kappa shape index (κ1) is 22.6. The van der Waals surface area contributed by atoms with Crippen LogP contribution >= 0.6 is 11.6 Å². The quantitative estimate of drug-likeness (QED) is 0.219. The van der Waals surface area contributed by atoms with Gasteiger partial charge in [0.2, 0.25) is 5.69 Å². The van der Waals surface area contributed by atoms with E-state index in [1.54, 1.807) is 33.6 Å². The number of likely N-dealkylation sites (tertiary alicyclic amines) is 1. The van der Waals surface area contributed by atoms with Crippen LogP contribution in [0.4, 0.5) is 0 Å². The number of aliphatic hydroxyl groups is 1. The molecule has 3 N–H and O–H groups in total. The molecule has 4 heterocycles. The van der Waals surface area contributed by atoms with E-state index < -0.39 is 17.7 Å². The second-order valence-electron chi connectivity index (χ2n) is 8.71. The number of nitrogens with zero attached hydrogens (tertiary/aromatic N) is 2. The zero-order chi connectivity index (χ0) is 23.8. The van der Waals surface area contributed by atoms with Gasteiger partial charge in [0.1, 0.15) is 18.8 Å². The van der Waals surface area contributed by atoms with Gasteiger partial charge in [0.05, 0.1) is 44.1 Å². The average molecular weight is 483 g/mol. The van der Waals surface area contributed by atoms with Gasteiger partial charge in [-0.1, -0.05) is 29.8 Å². The number of pyridine rings is 1. The first-order chi connectivity index (χ1) is 16.5. The summed E-state index contributed by atoms with van der Waals surface area (Å²) >= 11 is 6.11. The minimum atomic E-state index is -0.702. The predicted octanol–water partition coefficient (Wildman–Crippen LogP) is 1.05. The van der Waals surface area contributed by atoms with E-state index in [9.17, 15) is 14.7 Å². The van der Waals surface area contributed by atoms with E-state index in [0.29, 0.717) is 42.7 Å². The number of imidazole rings is 1. The van der Waals surface area contributed by atoms with Crippen LogP contribution < -0.4 is 9.30 Å². The van der Waals surface area contributed by atoms with E-state index in [-0.39, 0.29) is 11.3 Å². The average Bonchev–Trinajstić information content (AvgIpc) is 3.31. The number of benzene rings is 1. The van der Waals surface area contributed by atoms with E-state index in [2.05, 4.69) is 4.98 Å². The number of rotatable bonds is 5. The second-order valence-corrected chi connectivity index (χ2v) is 9.15. The summed E-state index contributed by atoms with van der Waals surface area (Å²) in [6, 6.07) is 12.0. The molecular formula is C25H27ClN4O4+2. The summed E-state index contributed by atoms with van der Waals surface area (Å²) < 4.78 is 7.22. The lowest BCUT2D eigenvalue weighted by atomic mass is 9.96. The Kier molecular flexibility index (Phi) is 6.12. The zero-order valence-corrected chi connectivity index (χ0v) is 19.6. The van der Waals surface area contributed by atoms with Crippen LogP contribution in [0.15, 0.2) is 54.2 Å². The molecule has 5 rings (SSSR count). The fraction of sp³-hybridized carbons (Fsp3) is 0.320. The number of aryl methyl sites for hydroxylation is 1. The van der Waals surface area contributed by atoms with Crippen LogP contribution in [-0.2, 0) is 14.3 Å². The molecule has 9 heteroatoms. The first-order valence-corrected chi connectivity index (χ1v) is 11.8. The number of aromatic amines is 1. The number of morpholine rings is 1. The van der Waals surface area contributed by atoms with Crippen molar-refractivity contribution in [2.75, 3.05) is 39.4 Å². The molecule has 0 spiro atoms. The van der Waals surface area contributed by atoms with Gasteiger partial charge in [-0.2, -0.15) is 4.40 Å². The van der Waals surface area contributed by atoms with Crippen LogP contribution in [0.2, 0.25) is 5.02 Å². The minimum absolute atomic E-state index is 0.0876. The molecule has 1 aromatic carbocycles. The summed E-state index contributed by atoms with van der Waals surface area (Å²) in [5.41, 5.74) is 2.75. The third-order valence-electron chi connectivity index (χ3n) is 6.63. The van der Waals surface area contributed by atoms with Crippen LogP contribution in [0.5, 0.6) is 0 Å². The van der Waals surface area contributed by atoms with Crippen LogP contribution in [0.25, 0.3) is 11.4 Å². The number of ether oxygens (including phenoxy) is 1. The molecule has 0 radical (unpaired) electrons. The summed E-state index contributed by atoms with van der Waals surface area (Å²) in [6.45, 7) is 6.02. The van der Waals surface area contributed by atoms with Crippen molar-refractivity contribution in [1.29, 1.82) is 0 Å². The number of H-pyrrole nitrogens is 1. The maximum atomic E-state index is 13.3. The number of hydrogen-bond donors (Lipinski definition) is 3. The van der Waals surface area contributed by atoms with E-state index in [0.717, 1.165) is 24.3 Å². The lowest BCUT2D eigenvalue weighted by Crippen LogP contribution is -3.14. The number of Topliss-reactive ketones (excluding diaryl/α,β-unsaturated/α-hetero) is 1. The van der Waals surface area contributed by atoms with Gasteiger partial charge < -0.3 is 19.6 Å². The molecule has 0 aliphatic carbocycles. The molecule has 2 aromatic heterocycles. The number of carbonyl (C=O) groups excluding carboxylic acids is 2. The normalized spacial score (nSPS) is 21.0. The van der Waals surface area contributed by atoms with Gasteiger partial charge in [0.25, 0.3) is 17.3 Å². The van der Waals surface area contributed by atoms with E-state index >= 15 is 0 Å². The number of quaternary nitrogens is 1. The molecule has 1 atom stereocenters. The molecule has 2 fully saturated rings. The Bertz CT molecular complexity index is 1280. The highest BCUT2D eigenvalue weighted by Crippen LogP contribution is 2.39. The van der Waals surface area contributed by atoms with Crippen LogP contribution in [0.1, 0.15) is 23.0 Å². The Balaban J connectivity index is 1.60. The maximum Gasteiger partial charge on any atom is 0.295 e. The number of aliphatic hydroxyl groups excluding tert-OH is 1. The van der Waals surface area contributed by atoms with Gasteiger partial charge in [-0.25, -0.2) is 4.98 Å². The zero-order valence-electron chi connectivity index (χ0n) is 18.9. The lowest BCUT2D eigenvalue weighted by molar-refractivity contribution is -0.907. The molecule has 34 heavy (non-hydrogen) atoms. The van der Waals surface area contributed by atoms with Crippen molar-refractivity contribution in [3.63, 3.8) is 0 Å².